The Morgan fingerprint density at radius 2 is 0.792 bits per heavy atom. The van der Waals surface area contributed by atoms with Crippen molar-refractivity contribution in [1.82, 2.24) is 0 Å². The highest BCUT2D eigenvalue weighted by Gasteiger charge is 2.27. The summed E-state index contributed by atoms with van der Waals surface area (Å²) in [5.41, 5.74) is 0. The Balaban J connectivity index is 3.13. The van der Waals surface area contributed by atoms with Crippen LogP contribution in [0.4, 0.5) is 0 Å². The van der Waals surface area contributed by atoms with Crippen LogP contribution in [0.2, 0.25) is 12.6 Å². The standard InChI is InChI=1S/C21H46O2Si/c1-5-6-7-8-9-10-11-12-13-14-15-16-17-18-19-20-21-24(4,22-2)23-3/h5-21H2,1-4H3. The van der Waals surface area contributed by atoms with E-state index in [2.05, 4.69) is 13.5 Å². The molecule has 0 spiro atoms. The molecule has 3 heteroatoms. The summed E-state index contributed by atoms with van der Waals surface area (Å²) in [5, 5.41) is 0. The van der Waals surface area contributed by atoms with E-state index >= 15 is 0 Å². The molecule has 0 atom stereocenters. The Kier molecular flexibility index (Phi) is 18.0. The van der Waals surface area contributed by atoms with Gasteiger partial charge in [-0.2, -0.15) is 0 Å². The zero-order valence-electron chi connectivity index (χ0n) is 17.3. The summed E-state index contributed by atoms with van der Waals surface area (Å²) in [6.07, 6.45) is 22.8. The molecule has 24 heavy (non-hydrogen) atoms. The Hall–Kier alpha value is 0.137. The molecule has 0 aromatic rings. The third-order valence-corrected chi connectivity index (χ3v) is 8.34. The molecule has 0 aromatic heterocycles. The molecule has 0 N–H and O–H groups in total. The smallest absolute Gasteiger partial charge is 0.334 e. The first-order valence-electron chi connectivity index (χ1n) is 10.8. The lowest BCUT2D eigenvalue weighted by Gasteiger charge is -2.22. The van der Waals surface area contributed by atoms with Crippen molar-refractivity contribution >= 4 is 8.56 Å². The predicted molar refractivity (Wildman–Crippen MR) is 110 cm³/mol. The summed E-state index contributed by atoms with van der Waals surface area (Å²) in [6, 6.07) is 1.14. The van der Waals surface area contributed by atoms with Crippen LogP contribution in [0.1, 0.15) is 110 Å². The van der Waals surface area contributed by atoms with E-state index in [-0.39, 0.29) is 0 Å². The third kappa shape index (κ3) is 15.7. The second-order valence-corrected chi connectivity index (χ2v) is 11.2. The number of rotatable bonds is 19. The average Bonchev–Trinajstić information content (AvgIpc) is 2.61. The van der Waals surface area contributed by atoms with Crippen molar-refractivity contribution in [3.63, 3.8) is 0 Å². The van der Waals surface area contributed by atoms with Crippen LogP contribution in [-0.2, 0) is 8.85 Å². The maximum Gasteiger partial charge on any atom is 0.334 e. The van der Waals surface area contributed by atoms with Crippen molar-refractivity contribution in [1.29, 1.82) is 0 Å². The maximum atomic E-state index is 5.53. The first kappa shape index (κ1) is 24.1. The largest absolute Gasteiger partial charge is 0.398 e. The van der Waals surface area contributed by atoms with E-state index in [1.54, 1.807) is 14.2 Å². The Morgan fingerprint density at radius 1 is 0.500 bits per heavy atom. The predicted octanol–water partition coefficient (Wildman–Crippen LogP) is 7.61. The number of unbranched alkanes of at least 4 members (excludes halogenated alkanes) is 15. The molecule has 0 saturated heterocycles. The SMILES string of the molecule is CCCCCCCCCCCCCCCCCC[Si](C)(OC)OC. The lowest BCUT2D eigenvalue weighted by atomic mass is 10.0. The minimum absolute atomic E-state index is 1.14. The average molecular weight is 359 g/mol. The van der Waals surface area contributed by atoms with Gasteiger partial charge >= 0.3 is 8.56 Å². The van der Waals surface area contributed by atoms with Gasteiger partial charge in [0.2, 0.25) is 0 Å². The van der Waals surface area contributed by atoms with Gasteiger partial charge in [-0.15, -0.1) is 0 Å². The van der Waals surface area contributed by atoms with Gasteiger partial charge in [0.15, 0.2) is 0 Å². The van der Waals surface area contributed by atoms with Crippen LogP contribution in [0.15, 0.2) is 0 Å². The van der Waals surface area contributed by atoms with E-state index < -0.39 is 8.56 Å². The van der Waals surface area contributed by atoms with Crippen LogP contribution in [-0.4, -0.2) is 22.8 Å². The first-order chi connectivity index (χ1) is 11.7. The molecule has 0 aromatic carbocycles. The molecule has 0 aliphatic rings. The summed E-state index contributed by atoms with van der Waals surface area (Å²) in [5.74, 6) is 0. The number of hydrogen-bond acceptors (Lipinski definition) is 2. The Bertz CT molecular complexity index is 242. The molecular weight excluding hydrogens is 312 g/mol. The highest BCUT2D eigenvalue weighted by atomic mass is 28.4. The van der Waals surface area contributed by atoms with Crippen LogP contribution >= 0.6 is 0 Å². The fourth-order valence-electron chi connectivity index (χ4n) is 3.28. The van der Waals surface area contributed by atoms with Gasteiger partial charge in [-0.25, -0.2) is 0 Å². The second-order valence-electron chi connectivity index (χ2n) is 7.60. The fraction of sp³-hybridized carbons (Fsp3) is 1.00. The van der Waals surface area contributed by atoms with Gasteiger partial charge in [-0.05, 0) is 12.6 Å². The van der Waals surface area contributed by atoms with E-state index in [0.717, 1.165) is 6.04 Å². The van der Waals surface area contributed by atoms with Gasteiger partial charge in [0.1, 0.15) is 0 Å². The molecule has 0 radical (unpaired) electrons. The highest BCUT2D eigenvalue weighted by Crippen LogP contribution is 2.18. The normalized spacial score (nSPS) is 12.0. The molecule has 0 aliphatic carbocycles. The molecule has 0 bridgehead atoms. The monoisotopic (exact) mass is 358 g/mol. The van der Waals surface area contributed by atoms with Gasteiger partial charge < -0.3 is 8.85 Å². The summed E-state index contributed by atoms with van der Waals surface area (Å²) in [6.45, 7) is 4.46. The lowest BCUT2D eigenvalue weighted by molar-refractivity contribution is 0.248. The van der Waals surface area contributed by atoms with E-state index in [1.165, 1.54) is 103 Å². The first-order valence-corrected chi connectivity index (χ1v) is 13.3. The van der Waals surface area contributed by atoms with Crippen LogP contribution in [0, 0.1) is 0 Å². The van der Waals surface area contributed by atoms with E-state index in [4.69, 9.17) is 8.85 Å². The minimum Gasteiger partial charge on any atom is -0.398 e. The van der Waals surface area contributed by atoms with Crippen molar-refractivity contribution in [2.24, 2.45) is 0 Å². The summed E-state index contributed by atoms with van der Waals surface area (Å²) in [4.78, 5) is 0. The van der Waals surface area contributed by atoms with Crippen LogP contribution in [0.5, 0.6) is 0 Å². The Morgan fingerprint density at radius 3 is 1.08 bits per heavy atom. The zero-order chi connectivity index (χ0) is 17.9. The molecule has 0 saturated carbocycles. The molecule has 2 nitrogen and oxygen atoms in total. The molecule has 146 valence electrons. The van der Waals surface area contributed by atoms with Gasteiger partial charge in [0, 0.05) is 14.2 Å². The van der Waals surface area contributed by atoms with E-state index in [9.17, 15) is 0 Å². The molecule has 0 rings (SSSR count). The van der Waals surface area contributed by atoms with Crippen molar-refractivity contribution in [2.75, 3.05) is 14.2 Å². The third-order valence-electron chi connectivity index (χ3n) is 5.35. The number of hydrogen-bond donors (Lipinski definition) is 0. The summed E-state index contributed by atoms with van der Waals surface area (Å²) in [7, 11) is 1.78. The van der Waals surface area contributed by atoms with Crippen molar-refractivity contribution in [3.8, 4) is 0 Å². The van der Waals surface area contributed by atoms with E-state index in [1.807, 2.05) is 0 Å². The molecule has 0 unspecified atom stereocenters. The molecule has 0 heterocycles. The quantitative estimate of drug-likeness (QED) is 0.175. The van der Waals surface area contributed by atoms with Crippen LogP contribution in [0.25, 0.3) is 0 Å². The molecule has 0 amide bonds. The minimum atomic E-state index is -1.80. The van der Waals surface area contributed by atoms with Gasteiger partial charge in [-0.1, -0.05) is 110 Å². The topological polar surface area (TPSA) is 18.5 Å². The lowest BCUT2D eigenvalue weighted by Crippen LogP contribution is -2.35. The van der Waals surface area contributed by atoms with Crippen molar-refractivity contribution in [3.05, 3.63) is 0 Å². The van der Waals surface area contributed by atoms with Crippen molar-refractivity contribution in [2.45, 2.75) is 122 Å². The van der Waals surface area contributed by atoms with Gasteiger partial charge in [0.25, 0.3) is 0 Å². The zero-order valence-corrected chi connectivity index (χ0v) is 18.3. The second kappa shape index (κ2) is 17.9. The molecule has 0 aliphatic heterocycles. The Labute approximate surface area is 154 Å². The maximum absolute atomic E-state index is 5.53. The molecular formula is C21H46O2Si. The summed E-state index contributed by atoms with van der Waals surface area (Å²) >= 11 is 0. The van der Waals surface area contributed by atoms with Crippen molar-refractivity contribution < 1.29 is 8.85 Å². The molecule has 0 fully saturated rings. The highest BCUT2D eigenvalue weighted by molar-refractivity contribution is 6.65. The van der Waals surface area contributed by atoms with Crippen LogP contribution < -0.4 is 0 Å². The van der Waals surface area contributed by atoms with Gasteiger partial charge in [-0.3, -0.25) is 0 Å². The van der Waals surface area contributed by atoms with E-state index in [0.29, 0.717) is 0 Å². The summed E-state index contributed by atoms with van der Waals surface area (Å²) < 4.78 is 11.1. The van der Waals surface area contributed by atoms with Gasteiger partial charge in [0.05, 0.1) is 0 Å². The van der Waals surface area contributed by atoms with Crippen LogP contribution in [0.3, 0.4) is 0 Å². The fourth-order valence-corrected chi connectivity index (χ4v) is 4.75.